The largest absolute Gasteiger partial charge is 0.490 e. The molecule has 5 rings (SSSR count). The number of amidine groups is 1. The first-order valence-corrected chi connectivity index (χ1v) is 13.9. The zero-order valence-corrected chi connectivity index (χ0v) is 23.4. The normalized spacial score (nSPS) is 16.5. The van der Waals surface area contributed by atoms with Gasteiger partial charge in [-0.2, -0.15) is 0 Å². The Bertz CT molecular complexity index is 1410. The molecule has 3 aromatic carbocycles. The van der Waals surface area contributed by atoms with E-state index < -0.39 is 0 Å². The maximum Gasteiger partial charge on any atom is 0.266 e. The number of benzene rings is 3. The molecule has 0 radical (unpaired) electrons. The first-order chi connectivity index (χ1) is 18.9. The zero-order chi connectivity index (χ0) is 27.4. The second-order valence-corrected chi connectivity index (χ2v) is 10.8. The third-order valence-electron chi connectivity index (χ3n) is 6.09. The van der Waals surface area contributed by atoms with Crippen molar-refractivity contribution in [3.8, 4) is 23.0 Å². The number of hydrogen-bond donors (Lipinski definition) is 0. The van der Waals surface area contributed by atoms with Gasteiger partial charge in [0.25, 0.3) is 5.91 Å². The molecule has 2 aliphatic heterocycles. The molecule has 0 saturated carbocycles. The van der Waals surface area contributed by atoms with E-state index in [0.29, 0.717) is 47.2 Å². The predicted molar refractivity (Wildman–Crippen MR) is 155 cm³/mol. The Morgan fingerprint density at radius 2 is 1.79 bits per heavy atom. The lowest BCUT2D eigenvalue weighted by Gasteiger charge is -2.17. The van der Waals surface area contributed by atoms with Gasteiger partial charge < -0.3 is 18.9 Å². The number of ether oxygens (including phenoxy) is 4. The van der Waals surface area contributed by atoms with Gasteiger partial charge in [0.05, 0.1) is 17.2 Å². The molecule has 0 aromatic heterocycles. The summed E-state index contributed by atoms with van der Waals surface area (Å²) in [5.41, 5.74) is 3.81. The number of carbonyl (C=O) groups is 1. The van der Waals surface area contributed by atoms with Crippen LogP contribution in [0.15, 0.2) is 70.6 Å². The Morgan fingerprint density at radius 1 is 1.00 bits per heavy atom. The van der Waals surface area contributed by atoms with E-state index in [0.717, 1.165) is 28.3 Å². The van der Waals surface area contributed by atoms with Crippen LogP contribution in [-0.4, -0.2) is 35.9 Å². The van der Waals surface area contributed by atoms with E-state index in [-0.39, 0.29) is 12.7 Å². The van der Waals surface area contributed by atoms with Gasteiger partial charge in [0.1, 0.15) is 6.61 Å². The van der Waals surface area contributed by atoms with Crippen molar-refractivity contribution in [2.24, 2.45) is 10.9 Å². The number of amides is 1. The summed E-state index contributed by atoms with van der Waals surface area (Å²) in [4.78, 5) is 20.6. The van der Waals surface area contributed by atoms with Gasteiger partial charge in [0, 0.05) is 6.54 Å². The van der Waals surface area contributed by atoms with Crippen LogP contribution in [0.4, 0.5) is 5.69 Å². The Balaban J connectivity index is 1.37. The van der Waals surface area contributed by atoms with Crippen molar-refractivity contribution < 1.29 is 23.7 Å². The Morgan fingerprint density at radius 3 is 2.56 bits per heavy atom. The fraction of sp³-hybridized carbons (Fsp3) is 0.290. The summed E-state index contributed by atoms with van der Waals surface area (Å²) in [5, 5.41) is 0.692. The minimum atomic E-state index is -0.0411. The number of rotatable bonds is 9. The zero-order valence-electron chi connectivity index (χ0n) is 22.6. The van der Waals surface area contributed by atoms with E-state index in [1.54, 1.807) is 4.90 Å². The SMILES string of the molecule is CCOc1cc(/C=C2/SC(=Nc3ccc(C)cc3)N(CC(C)C)C2=O)ccc1OCc1ccc2c(c1)OCO2. The lowest BCUT2D eigenvalue weighted by atomic mass is 10.1. The molecule has 202 valence electrons. The average molecular weight is 545 g/mol. The van der Waals surface area contributed by atoms with E-state index in [2.05, 4.69) is 13.8 Å². The first-order valence-electron chi connectivity index (χ1n) is 13.0. The summed E-state index contributed by atoms with van der Waals surface area (Å²) in [6.07, 6.45) is 1.89. The fourth-order valence-corrected chi connectivity index (χ4v) is 5.20. The van der Waals surface area contributed by atoms with E-state index >= 15 is 0 Å². The molecule has 0 unspecified atom stereocenters. The van der Waals surface area contributed by atoms with Crippen LogP contribution in [0.25, 0.3) is 6.08 Å². The van der Waals surface area contributed by atoms with Crippen LogP contribution in [0.3, 0.4) is 0 Å². The third-order valence-corrected chi connectivity index (χ3v) is 7.10. The molecule has 1 fully saturated rings. The van der Waals surface area contributed by atoms with Gasteiger partial charge in [-0.3, -0.25) is 9.69 Å². The number of thioether (sulfide) groups is 1. The van der Waals surface area contributed by atoms with Crippen molar-refractivity contribution in [3.05, 3.63) is 82.3 Å². The highest BCUT2D eigenvalue weighted by Crippen LogP contribution is 2.37. The number of fused-ring (bicyclic) bond motifs is 1. The van der Waals surface area contributed by atoms with E-state index in [9.17, 15) is 4.79 Å². The van der Waals surface area contributed by atoms with Gasteiger partial charge in [-0.1, -0.05) is 43.7 Å². The van der Waals surface area contributed by atoms with Crippen LogP contribution in [0.1, 0.15) is 37.5 Å². The van der Waals surface area contributed by atoms with Crippen molar-refractivity contribution in [1.29, 1.82) is 0 Å². The summed E-state index contributed by atoms with van der Waals surface area (Å²) in [7, 11) is 0. The van der Waals surface area contributed by atoms with Crippen molar-refractivity contribution in [2.45, 2.75) is 34.3 Å². The Labute approximate surface area is 233 Å². The second kappa shape index (κ2) is 11.9. The van der Waals surface area contributed by atoms with Crippen LogP contribution in [-0.2, 0) is 11.4 Å². The fourth-order valence-electron chi connectivity index (χ4n) is 4.19. The van der Waals surface area contributed by atoms with Crippen LogP contribution in [0, 0.1) is 12.8 Å². The molecular formula is C31H32N2O5S. The molecule has 0 atom stereocenters. The molecule has 1 amide bonds. The third kappa shape index (κ3) is 6.40. The first kappa shape index (κ1) is 26.7. The van der Waals surface area contributed by atoms with Gasteiger partial charge in [0.15, 0.2) is 28.2 Å². The molecule has 0 bridgehead atoms. The monoisotopic (exact) mass is 544 g/mol. The molecule has 0 aliphatic carbocycles. The number of hydrogen-bond acceptors (Lipinski definition) is 7. The minimum absolute atomic E-state index is 0.0411. The van der Waals surface area contributed by atoms with Gasteiger partial charge in [-0.05, 0) is 85.1 Å². The highest BCUT2D eigenvalue weighted by atomic mass is 32.2. The smallest absolute Gasteiger partial charge is 0.266 e. The molecule has 3 aromatic rings. The minimum Gasteiger partial charge on any atom is -0.490 e. The summed E-state index contributed by atoms with van der Waals surface area (Å²) in [5.74, 6) is 2.98. The molecule has 0 spiro atoms. The Hall–Kier alpha value is -3.91. The molecule has 8 heteroatoms. The highest BCUT2D eigenvalue weighted by Gasteiger charge is 2.33. The van der Waals surface area contributed by atoms with Crippen LogP contribution >= 0.6 is 11.8 Å². The maximum atomic E-state index is 13.4. The van der Waals surface area contributed by atoms with Gasteiger partial charge in [-0.15, -0.1) is 0 Å². The predicted octanol–water partition coefficient (Wildman–Crippen LogP) is 6.96. The van der Waals surface area contributed by atoms with E-state index in [1.807, 2.05) is 80.6 Å². The van der Waals surface area contributed by atoms with Crippen molar-refractivity contribution in [1.82, 2.24) is 4.90 Å². The number of nitrogens with zero attached hydrogens (tertiary/aromatic N) is 2. The molecule has 1 saturated heterocycles. The molecule has 7 nitrogen and oxygen atoms in total. The number of aryl methyl sites for hydroxylation is 1. The lowest BCUT2D eigenvalue weighted by molar-refractivity contribution is -0.122. The van der Waals surface area contributed by atoms with E-state index in [4.69, 9.17) is 23.9 Å². The lowest BCUT2D eigenvalue weighted by Crippen LogP contribution is -2.32. The standard InChI is InChI=1S/C31H32N2O5S/c1-5-35-27-14-22(8-12-25(27)36-18-23-9-13-26-28(15-23)38-19-37-26)16-29-30(34)33(17-20(2)3)31(39-29)32-24-10-6-21(4)7-11-24/h6-16,20H,5,17-19H2,1-4H3/b29-16+,32-31?. The van der Waals surface area contributed by atoms with E-state index in [1.165, 1.54) is 17.3 Å². The summed E-state index contributed by atoms with van der Waals surface area (Å²) < 4.78 is 22.8. The molecule has 0 N–H and O–H groups in total. The molecule has 2 aliphatic rings. The molecular weight excluding hydrogens is 512 g/mol. The maximum absolute atomic E-state index is 13.4. The summed E-state index contributed by atoms with van der Waals surface area (Å²) in [6, 6.07) is 19.5. The average Bonchev–Trinajstić information content (AvgIpc) is 3.49. The quantitative estimate of drug-likeness (QED) is 0.271. The van der Waals surface area contributed by atoms with Crippen LogP contribution < -0.4 is 18.9 Å². The van der Waals surface area contributed by atoms with Crippen molar-refractivity contribution in [3.63, 3.8) is 0 Å². The molecule has 39 heavy (non-hydrogen) atoms. The second-order valence-electron chi connectivity index (χ2n) is 9.77. The summed E-state index contributed by atoms with van der Waals surface area (Å²) >= 11 is 1.40. The van der Waals surface area contributed by atoms with Crippen LogP contribution in [0.5, 0.6) is 23.0 Å². The van der Waals surface area contributed by atoms with Gasteiger partial charge in [0.2, 0.25) is 6.79 Å². The van der Waals surface area contributed by atoms with Gasteiger partial charge in [-0.25, -0.2) is 4.99 Å². The van der Waals surface area contributed by atoms with Crippen molar-refractivity contribution in [2.75, 3.05) is 19.9 Å². The number of aliphatic imine (C=N–C) groups is 1. The summed E-state index contributed by atoms with van der Waals surface area (Å²) in [6.45, 7) is 9.85. The molecule has 2 heterocycles. The Kier molecular flexibility index (Phi) is 8.12. The van der Waals surface area contributed by atoms with Crippen molar-refractivity contribution >= 4 is 34.6 Å². The highest BCUT2D eigenvalue weighted by molar-refractivity contribution is 8.18. The number of carbonyl (C=O) groups excluding carboxylic acids is 1. The van der Waals surface area contributed by atoms with Crippen LogP contribution in [0.2, 0.25) is 0 Å². The topological polar surface area (TPSA) is 69.6 Å². The van der Waals surface area contributed by atoms with Gasteiger partial charge >= 0.3 is 0 Å².